The van der Waals surface area contributed by atoms with Gasteiger partial charge in [0.1, 0.15) is 5.75 Å². The number of allylic oxidation sites excluding steroid dienone is 1. The Balaban J connectivity index is 2.27. The number of unbranched alkanes of at least 4 members (excludes halogenated alkanes) is 2. The predicted octanol–water partition coefficient (Wildman–Crippen LogP) is 3.88. The Morgan fingerprint density at radius 1 is 1.24 bits per heavy atom. The molecule has 0 aromatic heterocycles. The molecule has 0 fully saturated rings. The number of carbonyl (C=O) groups excluding carboxylic acids is 1. The Bertz CT molecular complexity index is 449. The van der Waals surface area contributed by atoms with E-state index >= 15 is 0 Å². The molecule has 21 heavy (non-hydrogen) atoms. The van der Waals surface area contributed by atoms with Crippen molar-refractivity contribution in [3.63, 3.8) is 0 Å². The molecule has 1 N–H and O–H groups in total. The molecule has 116 valence electrons. The number of ether oxygens (including phenoxy) is 1. The maximum Gasteiger partial charge on any atom is 0.243 e. The summed E-state index contributed by atoms with van der Waals surface area (Å²) in [4.78, 5) is 11.8. The Kier molecular flexibility index (Phi) is 8.25. The highest BCUT2D eigenvalue weighted by atomic mass is 16.5. The van der Waals surface area contributed by atoms with Gasteiger partial charge in [0.2, 0.25) is 5.91 Å². The molecule has 0 aliphatic carbocycles. The molecule has 1 rings (SSSR count). The maximum atomic E-state index is 11.8. The number of hydrogen-bond acceptors (Lipinski definition) is 2. The third kappa shape index (κ3) is 7.54. The first-order valence-electron chi connectivity index (χ1n) is 7.73. The van der Waals surface area contributed by atoms with Crippen molar-refractivity contribution in [2.24, 2.45) is 0 Å². The SMILES string of the molecule is CCCCC/C(C)=C/C(=O)NCCc1ccc(OC)cc1. The summed E-state index contributed by atoms with van der Waals surface area (Å²) in [6.45, 7) is 4.87. The monoisotopic (exact) mass is 289 g/mol. The number of carbonyl (C=O) groups is 1. The molecule has 0 saturated carbocycles. The molecule has 0 radical (unpaired) electrons. The van der Waals surface area contributed by atoms with Crippen LogP contribution in [0.25, 0.3) is 0 Å². The highest BCUT2D eigenvalue weighted by Crippen LogP contribution is 2.11. The van der Waals surface area contributed by atoms with Gasteiger partial charge in [-0.05, 0) is 43.9 Å². The first-order valence-corrected chi connectivity index (χ1v) is 7.73. The smallest absolute Gasteiger partial charge is 0.243 e. The molecule has 0 aliphatic rings. The first kappa shape index (κ1) is 17.3. The molecule has 0 aliphatic heterocycles. The highest BCUT2D eigenvalue weighted by Gasteiger charge is 1.99. The maximum absolute atomic E-state index is 11.8. The topological polar surface area (TPSA) is 38.3 Å². The zero-order valence-corrected chi connectivity index (χ0v) is 13.4. The van der Waals surface area contributed by atoms with Gasteiger partial charge in [0.15, 0.2) is 0 Å². The van der Waals surface area contributed by atoms with Crippen molar-refractivity contribution in [3.8, 4) is 5.75 Å². The van der Waals surface area contributed by atoms with E-state index < -0.39 is 0 Å². The van der Waals surface area contributed by atoms with E-state index in [1.165, 1.54) is 18.4 Å². The lowest BCUT2D eigenvalue weighted by atomic mass is 10.1. The van der Waals surface area contributed by atoms with Crippen molar-refractivity contribution in [1.82, 2.24) is 5.32 Å². The van der Waals surface area contributed by atoms with E-state index in [9.17, 15) is 4.79 Å². The minimum Gasteiger partial charge on any atom is -0.497 e. The Morgan fingerprint density at radius 2 is 1.95 bits per heavy atom. The van der Waals surface area contributed by atoms with Crippen LogP contribution in [-0.2, 0) is 11.2 Å². The minimum atomic E-state index is 0.0116. The molecule has 0 spiro atoms. The zero-order chi connectivity index (χ0) is 15.5. The minimum absolute atomic E-state index is 0.0116. The van der Waals surface area contributed by atoms with Gasteiger partial charge in [-0.2, -0.15) is 0 Å². The van der Waals surface area contributed by atoms with Crippen LogP contribution in [-0.4, -0.2) is 19.6 Å². The number of nitrogens with one attached hydrogen (secondary N) is 1. The summed E-state index contributed by atoms with van der Waals surface area (Å²) in [5.41, 5.74) is 2.35. The van der Waals surface area contributed by atoms with Crippen LogP contribution < -0.4 is 10.1 Å². The van der Waals surface area contributed by atoms with Gasteiger partial charge in [0, 0.05) is 12.6 Å². The summed E-state index contributed by atoms with van der Waals surface area (Å²) in [6, 6.07) is 7.93. The fourth-order valence-electron chi connectivity index (χ4n) is 2.12. The zero-order valence-electron chi connectivity index (χ0n) is 13.4. The number of rotatable bonds is 9. The van der Waals surface area contributed by atoms with Crippen molar-refractivity contribution in [3.05, 3.63) is 41.5 Å². The van der Waals surface area contributed by atoms with Crippen LogP contribution in [0.3, 0.4) is 0 Å². The summed E-state index contributed by atoms with van der Waals surface area (Å²) in [7, 11) is 1.66. The van der Waals surface area contributed by atoms with E-state index in [0.29, 0.717) is 6.54 Å². The number of methoxy groups -OCH3 is 1. The van der Waals surface area contributed by atoms with Crippen molar-refractivity contribution < 1.29 is 9.53 Å². The van der Waals surface area contributed by atoms with Crippen LogP contribution in [0.2, 0.25) is 0 Å². The van der Waals surface area contributed by atoms with E-state index in [1.807, 2.05) is 31.2 Å². The second kappa shape index (κ2) is 10.0. The Labute approximate surface area is 128 Å². The molecular formula is C18H27NO2. The number of amides is 1. The van der Waals surface area contributed by atoms with Gasteiger partial charge < -0.3 is 10.1 Å². The lowest BCUT2D eigenvalue weighted by Crippen LogP contribution is -2.23. The largest absolute Gasteiger partial charge is 0.497 e. The Hall–Kier alpha value is -1.77. The third-order valence-corrected chi connectivity index (χ3v) is 3.42. The lowest BCUT2D eigenvalue weighted by molar-refractivity contribution is -0.116. The van der Waals surface area contributed by atoms with E-state index in [2.05, 4.69) is 12.2 Å². The molecule has 0 bridgehead atoms. The van der Waals surface area contributed by atoms with Gasteiger partial charge in [0.25, 0.3) is 0 Å². The number of benzene rings is 1. The van der Waals surface area contributed by atoms with Crippen LogP contribution in [0, 0.1) is 0 Å². The second-order valence-electron chi connectivity index (χ2n) is 5.34. The average Bonchev–Trinajstić information content (AvgIpc) is 2.48. The molecular weight excluding hydrogens is 262 g/mol. The van der Waals surface area contributed by atoms with Gasteiger partial charge in [-0.25, -0.2) is 0 Å². The quantitative estimate of drug-likeness (QED) is 0.553. The van der Waals surface area contributed by atoms with Crippen molar-refractivity contribution >= 4 is 5.91 Å². The van der Waals surface area contributed by atoms with Gasteiger partial charge in [-0.3, -0.25) is 4.79 Å². The highest BCUT2D eigenvalue weighted by molar-refractivity contribution is 5.88. The predicted molar refractivity (Wildman–Crippen MR) is 87.6 cm³/mol. The summed E-state index contributed by atoms with van der Waals surface area (Å²) in [5, 5.41) is 2.93. The molecule has 0 atom stereocenters. The summed E-state index contributed by atoms with van der Waals surface area (Å²) in [6.07, 6.45) is 7.17. The van der Waals surface area contributed by atoms with Gasteiger partial charge in [-0.1, -0.05) is 37.5 Å². The van der Waals surface area contributed by atoms with E-state index in [4.69, 9.17) is 4.74 Å². The van der Waals surface area contributed by atoms with Gasteiger partial charge in [0.05, 0.1) is 7.11 Å². The molecule has 0 saturated heterocycles. The first-order chi connectivity index (χ1) is 10.2. The van der Waals surface area contributed by atoms with Crippen LogP contribution in [0.1, 0.15) is 45.1 Å². The molecule has 3 heteroatoms. The summed E-state index contributed by atoms with van der Waals surface area (Å²) < 4.78 is 5.12. The van der Waals surface area contributed by atoms with Gasteiger partial charge in [-0.15, -0.1) is 0 Å². The third-order valence-electron chi connectivity index (χ3n) is 3.42. The fraction of sp³-hybridized carbons (Fsp3) is 0.500. The Morgan fingerprint density at radius 3 is 2.57 bits per heavy atom. The van der Waals surface area contributed by atoms with Crippen molar-refractivity contribution in [1.29, 1.82) is 0 Å². The van der Waals surface area contributed by atoms with Crippen LogP contribution in [0.15, 0.2) is 35.9 Å². The van der Waals surface area contributed by atoms with E-state index in [0.717, 1.165) is 30.6 Å². The summed E-state index contributed by atoms with van der Waals surface area (Å²) in [5.74, 6) is 0.867. The van der Waals surface area contributed by atoms with Crippen LogP contribution in [0.5, 0.6) is 5.75 Å². The van der Waals surface area contributed by atoms with Gasteiger partial charge >= 0.3 is 0 Å². The fourth-order valence-corrected chi connectivity index (χ4v) is 2.12. The van der Waals surface area contributed by atoms with Crippen LogP contribution >= 0.6 is 0 Å². The molecule has 1 aromatic rings. The molecule has 1 aromatic carbocycles. The molecule has 3 nitrogen and oxygen atoms in total. The second-order valence-corrected chi connectivity index (χ2v) is 5.34. The summed E-state index contributed by atoms with van der Waals surface area (Å²) >= 11 is 0. The molecule has 0 unspecified atom stereocenters. The molecule has 0 heterocycles. The lowest BCUT2D eigenvalue weighted by Gasteiger charge is -2.05. The molecule has 1 amide bonds. The van der Waals surface area contributed by atoms with E-state index in [-0.39, 0.29) is 5.91 Å². The van der Waals surface area contributed by atoms with Crippen molar-refractivity contribution in [2.45, 2.75) is 46.0 Å². The van der Waals surface area contributed by atoms with Crippen molar-refractivity contribution in [2.75, 3.05) is 13.7 Å². The van der Waals surface area contributed by atoms with Crippen LogP contribution in [0.4, 0.5) is 0 Å². The standard InChI is InChI=1S/C18H27NO2/c1-4-5-6-7-15(2)14-18(20)19-13-12-16-8-10-17(21-3)11-9-16/h8-11,14H,4-7,12-13H2,1-3H3,(H,19,20)/b15-14+. The normalized spacial score (nSPS) is 11.3. The average molecular weight is 289 g/mol. The van der Waals surface area contributed by atoms with E-state index in [1.54, 1.807) is 13.2 Å². The number of hydrogen-bond donors (Lipinski definition) is 1.